The van der Waals surface area contributed by atoms with E-state index in [2.05, 4.69) is 37.4 Å². The van der Waals surface area contributed by atoms with Crippen LogP contribution in [0.5, 0.6) is 5.75 Å². The van der Waals surface area contributed by atoms with Gasteiger partial charge in [0.25, 0.3) is 5.91 Å². The standard InChI is InChI=1S/C23H24N2O2/c1-4-15(2)27-20-14-13-16-9-5-6-10-17(16)21(20)22-24-19-12-8-7-11-18(19)23(26)25(22)3/h5-15,22,24H,4H2,1-3H3. The Labute approximate surface area is 159 Å². The van der Waals surface area contributed by atoms with Crippen molar-refractivity contribution in [1.29, 1.82) is 0 Å². The van der Waals surface area contributed by atoms with Crippen LogP contribution >= 0.6 is 0 Å². The van der Waals surface area contributed by atoms with Gasteiger partial charge in [0, 0.05) is 18.3 Å². The molecule has 27 heavy (non-hydrogen) atoms. The van der Waals surface area contributed by atoms with E-state index in [1.807, 2.05) is 49.5 Å². The van der Waals surface area contributed by atoms with Gasteiger partial charge < -0.3 is 15.0 Å². The molecular weight excluding hydrogens is 336 g/mol. The Balaban J connectivity index is 1.89. The lowest BCUT2D eigenvalue weighted by molar-refractivity contribution is 0.0733. The Kier molecular flexibility index (Phi) is 4.48. The van der Waals surface area contributed by atoms with Crippen LogP contribution in [0.3, 0.4) is 0 Å². The molecule has 0 aromatic heterocycles. The number of fused-ring (bicyclic) bond motifs is 2. The second-order valence-corrected chi connectivity index (χ2v) is 7.04. The lowest BCUT2D eigenvalue weighted by Crippen LogP contribution is -2.40. The summed E-state index contributed by atoms with van der Waals surface area (Å²) in [5, 5.41) is 5.76. The van der Waals surface area contributed by atoms with E-state index in [1.54, 1.807) is 4.90 Å². The molecule has 0 bridgehead atoms. The summed E-state index contributed by atoms with van der Waals surface area (Å²) in [6.07, 6.45) is 0.724. The first-order valence-corrected chi connectivity index (χ1v) is 9.41. The molecule has 3 aromatic rings. The second-order valence-electron chi connectivity index (χ2n) is 7.04. The fourth-order valence-electron chi connectivity index (χ4n) is 3.57. The number of carbonyl (C=O) groups is 1. The van der Waals surface area contributed by atoms with Crippen LogP contribution in [0.4, 0.5) is 5.69 Å². The quantitative estimate of drug-likeness (QED) is 0.694. The number of carbonyl (C=O) groups excluding carboxylic acids is 1. The van der Waals surface area contributed by atoms with Gasteiger partial charge in [0.05, 0.1) is 11.7 Å². The fourth-order valence-corrected chi connectivity index (χ4v) is 3.57. The minimum absolute atomic E-state index is 0.0109. The average molecular weight is 360 g/mol. The van der Waals surface area contributed by atoms with Crippen molar-refractivity contribution in [3.05, 3.63) is 71.8 Å². The van der Waals surface area contributed by atoms with Gasteiger partial charge in [-0.05, 0) is 42.3 Å². The van der Waals surface area contributed by atoms with Gasteiger partial charge in [-0.25, -0.2) is 0 Å². The number of hydrogen-bond donors (Lipinski definition) is 1. The third kappa shape index (κ3) is 3.01. The van der Waals surface area contributed by atoms with Gasteiger partial charge in [0.2, 0.25) is 0 Å². The Morgan fingerprint density at radius 1 is 1.07 bits per heavy atom. The van der Waals surface area contributed by atoms with Crippen molar-refractivity contribution in [2.24, 2.45) is 0 Å². The van der Waals surface area contributed by atoms with E-state index in [-0.39, 0.29) is 18.2 Å². The highest BCUT2D eigenvalue weighted by Crippen LogP contribution is 2.40. The highest BCUT2D eigenvalue weighted by Gasteiger charge is 2.33. The monoisotopic (exact) mass is 360 g/mol. The molecule has 0 radical (unpaired) electrons. The molecule has 4 rings (SSSR count). The number of hydrogen-bond acceptors (Lipinski definition) is 3. The van der Waals surface area contributed by atoms with Gasteiger partial charge in [0.1, 0.15) is 11.9 Å². The van der Waals surface area contributed by atoms with Crippen molar-refractivity contribution in [1.82, 2.24) is 4.90 Å². The molecule has 1 aliphatic heterocycles. The third-order valence-electron chi connectivity index (χ3n) is 5.26. The molecule has 0 spiro atoms. The Bertz CT molecular complexity index is 999. The van der Waals surface area contributed by atoms with E-state index >= 15 is 0 Å². The minimum atomic E-state index is -0.294. The zero-order chi connectivity index (χ0) is 19.0. The lowest BCUT2D eigenvalue weighted by atomic mass is 9.97. The van der Waals surface area contributed by atoms with Crippen LogP contribution in [-0.4, -0.2) is 24.0 Å². The molecule has 4 heteroatoms. The average Bonchev–Trinajstić information content (AvgIpc) is 2.70. The van der Waals surface area contributed by atoms with Crippen molar-refractivity contribution in [3.63, 3.8) is 0 Å². The Hall–Kier alpha value is -3.01. The first-order valence-electron chi connectivity index (χ1n) is 9.41. The minimum Gasteiger partial charge on any atom is -0.490 e. The maximum absolute atomic E-state index is 13.0. The smallest absolute Gasteiger partial charge is 0.257 e. The van der Waals surface area contributed by atoms with Crippen LogP contribution in [-0.2, 0) is 0 Å². The molecule has 1 heterocycles. The van der Waals surface area contributed by atoms with Crippen LogP contribution in [0.15, 0.2) is 60.7 Å². The number of rotatable bonds is 4. The lowest BCUT2D eigenvalue weighted by Gasteiger charge is -2.37. The van der Waals surface area contributed by atoms with Crippen LogP contribution in [0.2, 0.25) is 0 Å². The molecule has 1 N–H and O–H groups in total. The predicted octanol–water partition coefficient (Wildman–Crippen LogP) is 5.21. The number of para-hydroxylation sites is 1. The van der Waals surface area contributed by atoms with Gasteiger partial charge in [-0.15, -0.1) is 0 Å². The summed E-state index contributed by atoms with van der Waals surface area (Å²) in [6.45, 7) is 4.17. The summed E-state index contributed by atoms with van der Waals surface area (Å²) in [7, 11) is 1.84. The molecule has 1 aliphatic rings. The molecule has 0 saturated carbocycles. The van der Waals surface area contributed by atoms with Crippen molar-refractivity contribution < 1.29 is 9.53 Å². The van der Waals surface area contributed by atoms with Crippen molar-refractivity contribution >= 4 is 22.4 Å². The largest absolute Gasteiger partial charge is 0.490 e. The molecule has 0 fully saturated rings. The van der Waals surface area contributed by atoms with Crippen molar-refractivity contribution in [2.45, 2.75) is 32.5 Å². The molecule has 0 aliphatic carbocycles. The van der Waals surface area contributed by atoms with E-state index < -0.39 is 0 Å². The summed E-state index contributed by atoms with van der Waals surface area (Å²) in [4.78, 5) is 14.7. The number of amides is 1. The van der Waals surface area contributed by atoms with Gasteiger partial charge in [0.15, 0.2) is 0 Å². The first kappa shape index (κ1) is 17.4. The number of nitrogens with zero attached hydrogens (tertiary/aromatic N) is 1. The molecule has 1 amide bonds. The molecular formula is C23H24N2O2. The molecule has 3 aromatic carbocycles. The Morgan fingerprint density at radius 2 is 1.81 bits per heavy atom. The zero-order valence-electron chi connectivity index (χ0n) is 15.9. The van der Waals surface area contributed by atoms with Crippen LogP contribution in [0.25, 0.3) is 10.8 Å². The highest BCUT2D eigenvalue weighted by molar-refractivity contribution is 6.02. The first-order chi connectivity index (χ1) is 13.1. The van der Waals surface area contributed by atoms with Gasteiger partial charge in [-0.1, -0.05) is 49.4 Å². The topological polar surface area (TPSA) is 41.6 Å². The van der Waals surface area contributed by atoms with Crippen LogP contribution in [0, 0.1) is 0 Å². The summed E-state index contributed by atoms with van der Waals surface area (Å²) in [6, 6.07) is 20.0. The maximum atomic E-state index is 13.0. The van der Waals surface area contributed by atoms with E-state index in [4.69, 9.17) is 4.74 Å². The zero-order valence-corrected chi connectivity index (χ0v) is 15.9. The van der Waals surface area contributed by atoms with Crippen LogP contribution < -0.4 is 10.1 Å². The van der Waals surface area contributed by atoms with Gasteiger partial charge >= 0.3 is 0 Å². The molecule has 2 unspecified atom stereocenters. The number of nitrogens with one attached hydrogen (secondary N) is 1. The summed E-state index contributed by atoms with van der Waals surface area (Å²) in [5.74, 6) is 0.830. The highest BCUT2D eigenvalue weighted by atomic mass is 16.5. The third-order valence-corrected chi connectivity index (χ3v) is 5.26. The van der Waals surface area contributed by atoms with Crippen molar-refractivity contribution in [3.8, 4) is 5.75 Å². The SMILES string of the molecule is CCC(C)Oc1ccc2ccccc2c1C1Nc2ccccc2C(=O)N1C. The fraction of sp³-hybridized carbons (Fsp3) is 0.261. The van der Waals surface area contributed by atoms with Crippen LogP contribution in [0.1, 0.15) is 42.4 Å². The van der Waals surface area contributed by atoms with Gasteiger partial charge in [-0.3, -0.25) is 4.79 Å². The maximum Gasteiger partial charge on any atom is 0.257 e. The second kappa shape index (κ2) is 6.95. The Morgan fingerprint density at radius 3 is 2.63 bits per heavy atom. The molecule has 138 valence electrons. The number of benzene rings is 3. The van der Waals surface area contributed by atoms with Gasteiger partial charge in [-0.2, -0.15) is 0 Å². The normalized spacial score (nSPS) is 17.4. The van der Waals surface area contributed by atoms with E-state index in [0.717, 1.165) is 34.2 Å². The van der Waals surface area contributed by atoms with E-state index in [1.165, 1.54) is 0 Å². The number of anilines is 1. The summed E-state index contributed by atoms with van der Waals surface area (Å²) < 4.78 is 6.25. The number of ether oxygens (including phenoxy) is 1. The molecule has 2 atom stereocenters. The van der Waals surface area contributed by atoms with Crippen molar-refractivity contribution in [2.75, 3.05) is 12.4 Å². The van der Waals surface area contributed by atoms with E-state index in [0.29, 0.717) is 5.56 Å². The summed E-state index contributed by atoms with van der Waals surface area (Å²) >= 11 is 0. The summed E-state index contributed by atoms with van der Waals surface area (Å²) in [5.41, 5.74) is 2.55. The molecule has 4 nitrogen and oxygen atoms in total. The van der Waals surface area contributed by atoms with E-state index in [9.17, 15) is 4.79 Å². The molecule has 0 saturated heterocycles. The predicted molar refractivity (Wildman–Crippen MR) is 109 cm³/mol.